The van der Waals surface area contributed by atoms with Crippen molar-refractivity contribution in [3.05, 3.63) is 93.5 Å². The van der Waals surface area contributed by atoms with Crippen LogP contribution in [-0.2, 0) is 25.6 Å². The van der Waals surface area contributed by atoms with E-state index in [9.17, 15) is 46.4 Å². The average molecular weight is 758 g/mol. The molecule has 3 N–H and O–H groups in total. The van der Waals surface area contributed by atoms with Crippen molar-refractivity contribution in [3.8, 4) is 17.6 Å². The van der Waals surface area contributed by atoms with E-state index >= 15 is 0 Å². The lowest BCUT2D eigenvalue weighted by atomic mass is 9.94. The van der Waals surface area contributed by atoms with Crippen LogP contribution in [0.1, 0.15) is 36.6 Å². The molecule has 0 heterocycles. The van der Waals surface area contributed by atoms with Crippen LogP contribution >= 0.6 is 23.2 Å². The highest BCUT2D eigenvalue weighted by Gasteiger charge is 2.52. The summed E-state index contributed by atoms with van der Waals surface area (Å²) in [5.74, 6) is -12.5. The Morgan fingerprint density at radius 1 is 0.863 bits per heavy atom. The number of ether oxygens (including phenoxy) is 2. The Hall–Kier alpha value is -4.94. The molecule has 3 rings (SSSR count). The van der Waals surface area contributed by atoms with Crippen molar-refractivity contribution >= 4 is 46.7 Å². The third kappa shape index (κ3) is 11.5. The highest BCUT2D eigenvalue weighted by Crippen LogP contribution is 2.26. The number of hydrogen-bond acceptors (Lipinski definition) is 7. The summed E-state index contributed by atoms with van der Waals surface area (Å²) in [5.41, 5.74) is 0.720. The van der Waals surface area contributed by atoms with E-state index in [2.05, 4.69) is 10.6 Å². The summed E-state index contributed by atoms with van der Waals surface area (Å²) < 4.78 is 78.5. The van der Waals surface area contributed by atoms with E-state index in [0.29, 0.717) is 16.3 Å². The zero-order chi connectivity index (χ0) is 38.1. The molecule has 0 radical (unpaired) electrons. The van der Waals surface area contributed by atoms with Gasteiger partial charge in [-0.05, 0) is 59.5 Å². The van der Waals surface area contributed by atoms with Gasteiger partial charge in [-0.15, -0.1) is 0 Å². The molecule has 0 aliphatic carbocycles. The Balaban J connectivity index is 1.99. The van der Waals surface area contributed by atoms with E-state index in [1.165, 1.54) is 63.4 Å². The van der Waals surface area contributed by atoms with Gasteiger partial charge in [0.25, 0.3) is 11.8 Å². The van der Waals surface area contributed by atoms with Crippen molar-refractivity contribution in [1.29, 1.82) is 5.26 Å². The van der Waals surface area contributed by atoms with Crippen LogP contribution in [0.5, 0.6) is 11.5 Å². The number of nitriles is 1. The lowest BCUT2D eigenvalue weighted by Gasteiger charge is -2.28. The topological polar surface area (TPSA) is 147 Å². The number of nitrogens with zero attached hydrogens (tertiary/aromatic N) is 1. The zero-order valence-corrected chi connectivity index (χ0v) is 28.6. The Bertz CT molecular complexity index is 1780. The van der Waals surface area contributed by atoms with Crippen LogP contribution in [0.2, 0.25) is 10.0 Å². The zero-order valence-electron chi connectivity index (χ0n) is 27.1. The third-order valence-electron chi connectivity index (χ3n) is 7.17. The smallest absolute Gasteiger partial charge is 0.405 e. The molecule has 3 amide bonds. The first-order valence-electron chi connectivity index (χ1n) is 15.0. The summed E-state index contributed by atoms with van der Waals surface area (Å²) in [6.07, 6.45) is -6.60. The Labute approximate surface area is 299 Å². The molecule has 0 aromatic heterocycles. The Morgan fingerprint density at radius 3 is 2.10 bits per heavy atom. The summed E-state index contributed by atoms with van der Waals surface area (Å²) >= 11 is 12.3. The van der Waals surface area contributed by atoms with Gasteiger partial charge in [-0.2, -0.15) is 27.2 Å². The van der Waals surface area contributed by atoms with Gasteiger partial charge in [0.2, 0.25) is 11.7 Å². The number of ketones is 1. The molecule has 3 unspecified atom stereocenters. The SMILES string of the molecule is COc1ccc(C(NC(=O)C(Cc2cccc(Cl)c2)Oc2cc(Cl)cc(C#N)c2)C(=O)NC(C(=O)C(F)(F)C(=O)NCC(F)(F)F)C(C)C)cc1. The molecule has 3 aromatic carbocycles. The van der Waals surface area contributed by atoms with Crippen LogP contribution in [0.3, 0.4) is 0 Å². The predicted octanol–water partition coefficient (Wildman–Crippen LogP) is 5.74. The summed E-state index contributed by atoms with van der Waals surface area (Å²) in [6.45, 7) is 0.385. The Kier molecular flexibility index (Phi) is 13.8. The molecule has 0 spiro atoms. The molecule has 0 bridgehead atoms. The van der Waals surface area contributed by atoms with Gasteiger partial charge in [0.05, 0.1) is 24.8 Å². The Morgan fingerprint density at radius 2 is 1.53 bits per heavy atom. The minimum Gasteiger partial charge on any atom is -0.497 e. The van der Waals surface area contributed by atoms with Crippen molar-refractivity contribution in [2.75, 3.05) is 13.7 Å². The number of rotatable bonds is 15. The number of halogens is 7. The molecule has 0 aliphatic heterocycles. The number of carbonyl (C=O) groups is 4. The van der Waals surface area contributed by atoms with Gasteiger partial charge in [-0.1, -0.05) is 61.3 Å². The largest absolute Gasteiger partial charge is 0.497 e. The number of hydrogen-bond donors (Lipinski definition) is 3. The van der Waals surface area contributed by atoms with Crippen molar-refractivity contribution < 1.29 is 50.6 Å². The number of alkyl halides is 5. The lowest BCUT2D eigenvalue weighted by molar-refractivity contribution is -0.165. The van der Waals surface area contributed by atoms with Crippen LogP contribution in [0.15, 0.2) is 66.7 Å². The fraction of sp³-hybridized carbons (Fsp3) is 0.324. The average Bonchev–Trinajstić information content (AvgIpc) is 3.06. The van der Waals surface area contributed by atoms with Gasteiger partial charge in [-0.25, -0.2) is 0 Å². The van der Waals surface area contributed by atoms with Crippen molar-refractivity contribution in [1.82, 2.24) is 16.0 Å². The number of amides is 3. The second-order valence-electron chi connectivity index (χ2n) is 11.4. The molecule has 10 nitrogen and oxygen atoms in total. The molecule has 0 saturated heterocycles. The highest BCUT2D eigenvalue weighted by molar-refractivity contribution is 6.31. The second kappa shape index (κ2) is 17.3. The van der Waals surface area contributed by atoms with Gasteiger partial charge < -0.3 is 25.4 Å². The van der Waals surface area contributed by atoms with E-state index in [1.54, 1.807) is 24.3 Å². The molecular weight excluding hydrogens is 726 g/mol. The van der Waals surface area contributed by atoms with Gasteiger partial charge >= 0.3 is 12.1 Å². The van der Waals surface area contributed by atoms with Crippen LogP contribution < -0.4 is 25.4 Å². The van der Waals surface area contributed by atoms with Crippen molar-refractivity contribution in [2.45, 2.75) is 50.6 Å². The minimum atomic E-state index is -5.04. The minimum absolute atomic E-state index is 0.0168. The number of nitrogens with one attached hydrogen (secondary N) is 3. The standard InChI is InChI=1S/C34H31Cl2F5N4O6/c1-18(2)27(29(46)34(40,41)32(49)43-17-33(37,38)39)44-31(48)28(21-7-9-24(50-3)10-8-21)45-30(47)26(14-19-5-4-6-22(35)11-19)51-25-13-20(16-42)12-23(36)15-25/h4-13,15,18,26-28H,14,17H2,1-3H3,(H,43,49)(H,44,48)(H,45,47). The van der Waals surface area contributed by atoms with Gasteiger partial charge in [0, 0.05) is 16.5 Å². The van der Waals surface area contributed by atoms with E-state index in [4.69, 9.17) is 32.7 Å². The van der Waals surface area contributed by atoms with E-state index in [0.717, 1.165) is 5.32 Å². The summed E-state index contributed by atoms with van der Waals surface area (Å²) in [6, 6.07) is 14.2. The number of benzene rings is 3. The maximum absolute atomic E-state index is 14.9. The van der Waals surface area contributed by atoms with E-state index in [-0.39, 0.29) is 28.3 Å². The normalized spacial score (nSPS) is 13.3. The summed E-state index contributed by atoms with van der Waals surface area (Å²) in [5, 5.41) is 15.4. The van der Waals surface area contributed by atoms with Crippen LogP contribution in [0.4, 0.5) is 22.0 Å². The summed E-state index contributed by atoms with van der Waals surface area (Å²) in [4.78, 5) is 52.6. The summed E-state index contributed by atoms with van der Waals surface area (Å²) in [7, 11) is 1.37. The molecule has 0 saturated carbocycles. The molecule has 3 atom stereocenters. The quantitative estimate of drug-likeness (QED) is 0.132. The van der Waals surface area contributed by atoms with E-state index in [1.807, 2.05) is 6.07 Å². The highest BCUT2D eigenvalue weighted by atomic mass is 35.5. The van der Waals surface area contributed by atoms with Crippen molar-refractivity contribution in [3.63, 3.8) is 0 Å². The predicted molar refractivity (Wildman–Crippen MR) is 175 cm³/mol. The van der Waals surface area contributed by atoms with Crippen LogP contribution in [-0.4, -0.2) is 61.4 Å². The van der Waals surface area contributed by atoms with Gasteiger partial charge in [0.1, 0.15) is 24.1 Å². The number of methoxy groups -OCH3 is 1. The maximum Gasteiger partial charge on any atom is 0.405 e. The van der Waals surface area contributed by atoms with Gasteiger partial charge in [-0.3, -0.25) is 19.2 Å². The first-order valence-corrected chi connectivity index (χ1v) is 15.7. The molecule has 17 heteroatoms. The van der Waals surface area contributed by atoms with Crippen LogP contribution in [0, 0.1) is 17.2 Å². The number of Topliss-reactive ketones (excluding diaryl/α,β-unsaturated/α-hetero) is 1. The first kappa shape index (κ1) is 40.5. The second-order valence-corrected chi connectivity index (χ2v) is 12.3. The molecular formula is C34H31Cl2F5N4O6. The number of carbonyl (C=O) groups excluding carboxylic acids is 4. The van der Waals surface area contributed by atoms with E-state index < -0.39 is 66.3 Å². The van der Waals surface area contributed by atoms with Crippen LogP contribution in [0.25, 0.3) is 0 Å². The monoisotopic (exact) mass is 756 g/mol. The fourth-order valence-electron chi connectivity index (χ4n) is 4.63. The molecule has 51 heavy (non-hydrogen) atoms. The molecule has 272 valence electrons. The lowest BCUT2D eigenvalue weighted by Crippen LogP contribution is -2.58. The first-order chi connectivity index (χ1) is 23.8. The third-order valence-corrected chi connectivity index (χ3v) is 7.62. The molecule has 0 aliphatic rings. The van der Waals surface area contributed by atoms with Gasteiger partial charge in [0.15, 0.2) is 6.10 Å². The van der Waals surface area contributed by atoms with Crippen molar-refractivity contribution in [2.24, 2.45) is 5.92 Å². The fourth-order valence-corrected chi connectivity index (χ4v) is 5.07. The maximum atomic E-state index is 14.9. The molecule has 3 aromatic rings. The molecule has 0 fully saturated rings.